The molecule has 0 radical (unpaired) electrons. The molecule has 2 fully saturated rings. The van der Waals surface area contributed by atoms with E-state index in [1.54, 1.807) is 0 Å². The molecule has 0 atom stereocenters. The predicted octanol–water partition coefficient (Wildman–Crippen LogP) is 1.16. The average Bonchev–Trinajstić information content (AvgIpc) is 2.92. The van der Waals surface area contributed by atoms with Gasteiger partial charge in [0.05, 0.1) is 5.25 Å². The molecule has 2 aliphatic carbocycles. The Hall–Kier alpha value is -1.37. The largest absolute Gasteiger partial charge is 0.448 e. The minimum atomic E-state index is -3.55. The van der Waals surface area contributed by atoms with Crippen molar-refractivity contribution in [1.29, 1.82) is 0 Å². The van der Waals surface area contributed by atoms with Crippen molar-refractivity contribution in [1.82, 2.24) is 9.71 Å². The van der Waals surface area contributed by atoms with Gasteiger partial charge in [0.1, 0.15) is 6.26 Å². The normalized spacial score (nSPS) is 20.4. The third kappa shape index (κ3) is 2.14. The van der Waals surface area contributed by atoms with Crippen LogP contribution < -0.4 is 4.72 Å². The van der Waals surface area contributed by atoms with Crippen molar-refractivity contribution >= 4 is 15.9 Å². The van der Waals surface area contributed by atoms with Gasteiger partial charge in [0.25, 0.3) is 5.91 Å². The molecule has 0 aliphatic heterocycles. The SMILES string of the molecule is O=C(NS(=O)(=O)C1CCC1)c1coc(C2CC2)n1. The summed E-state index contributed by atoms with van der Waals surface area (Å²) in [6.45, 7) is 0. The molecule has 2 aliphatic rings. The first-order valence-corrected chi connectivity index (χ1v) is 7.62. The second-order valence-electron chi connectivity index (χ2n) is 4.87. The van der Waals surface area contributed by atoms with Gasteiger partial charge >= 0.3 is 0 Å². The van der Waals surface area contributed by atoms with Crippen molar-refractivity contribution in [3.05, 3.63) is 17.8 Å². The molecule has 1 heterocycles. The van der Waals surface area contributed by atoms with E-state index < -0.39 is 21.2 Å². The van der Waals surface area contributed by atoms with E-state index in [9.17, 15) is 13.2 Å². The number of sulfonamides is 1. The maximum Gasteiger partial charge on any atom is 0.286 e. The fourth-order valence-corrected chi connectivity index (χ4v) is 3.34. The first-order valence-electron chi connectivity index (χ1n) is 6.07. The second-order valence-corrected chi connectivity index (χ2v) is 6.84. The van der Waals surface area contributed by atoms with Gasteiger partial charge in [-0.05, 0) is 25.7 Å². The first kappa shape index (κ1) is 11.7. The zero-order valence-electron chi connectivity index (χ0n) is 9.76. The number of nitrogens with zero attached hydrogens (tertiary/aromatic N) is 1. The second kappa shape index (κ2) is 4.08. The van der Waals surface area contributed by atoms with Gasteiger partial charge in [-0.3, -0.25) is 4.79 Å². The van der Waals surface area contributed by atoms with Crippen molar-refractivity contribution in [2.45, 2.75) is 43.3 Å². The van der Waals surface area contributed by atoms with Gasteiger partial charge in [-0.2, -0.15) is 0 Å². The lowest BCUT2D eigenvalue weighted by atomic mass is 10.0. The molecule has 0 aromatic carbocycles. The standard InChI is InChI=1S/C11H14N2O4S/c14-10(13-18(15,16)8-2-1-3-8)9-6-17-11(12-9)7-4-5-7/h6-8H,1-5H2,(H,13,14). The molecule has 1 amide bonds. The van der Waals surface area contributed by atoms with Crippen LogP contribution in [0.5, 0.6) is 0 Å². The Bertz CT molecular complexity index is 570. The first-order chi connectivity index (χ1) is 8.56. The fraction of sp³-hybridized carbons (Fsp3) is 0.636. The van der Waals surface area contributed by atoms with Gasteiger partial charge in [-0.15, -0.1) is 0 Å². The van der Waals surface area contributed by atoms with Crippen LogP contribution in [0.15, 0.2) is 10.7 Å². The Kier molecular flexibility index (Phi) is 2.65. The summed E-state index contributed by atoms with van der Waals surface area (Å²) >= 11 is 0. The van der Waals surface area contributed by atoms with Gasteiger partial charge in [0, 0.05) is 5.92 Å². The molecule has 0 saturated heterocycles. The Balaban J connectivity index is 1.69. The van der Waals surface area contributed by atoms with E-state index in [1.165, 1.54) is 6.26 Å². The number of aromatic nitrogens is 1. The van der Waals surface area contributed by atoms with Crippen LogP contribution in [0.25, 0.3) is 0 Å². The van der Waals surface area contributed by atoms with Crippen LogP contribution in [-0.2, 0) is 10.0 Å². The smallest absolute Gasteiger partial charge is 0.286 e. The molecule has 2 saturated carbocycles. The van der Waals surface area contributed by atoms with E-state index in [0.29, 0.717) is 24.7 Å². The maximum atomic E-state index is 11.8. The van der Waals surface area contributed by atoms with Crippen LogP contribution in [0.3, 0.4) is 0 Å². The molecule has 1 aromatic rings. The predicted molar refractivity (Wildman–Crippen MR) is 62.5 cm³/mol. The lowest BCUT2D eigenvalue weighted by Gasteiger charge is -2.24. The highest BCUT2D eigenvalue weighted by Gasteiger charge is 2.34. The van der Waals surface area contributed by atoms with Crippen molar-refractivity contribution in [2.75, 3.05) is 0 Å². The van der Waals surface area contributed by atoms with E-state index in [1.807, 2.05) is 0 Å². The summed E-state index contributed by atoms with van der Waals surface area (Å²) in [5, 5.41) is -0.434. The highest BCUT2D eigenvalue weighted by atomic mass is 32.2. The van der Waals surface area contributed by atoms with Gasteiger partial charge in [-0.25, -0.2) is 18.1 Å². The van der Waals surface area contributed by atoms with Crippen molar-refractivity contribution in [3.8, 4) is 0 Å². The third-order valence-corrected chi connectivity index (χ3v) is 5.23. The number of hydrogen-bond acceptors (Lipinski definition) is 5. The van der Waals surface area contributed by atoms with E-state index in [2.05, 4.69) is 9.71 Å². The van der Waals surface area contributed by atoms with Crippen LogP contribution >= 0.6 is 0 Å². The molecule has 0 bridgehead atoms. The minimum absolute atomic E-state index is 0.0415. The van der Waals surface area contributed by atoms with Crippen molar-refractivity contribution in [2.24, 2.45) is 0 Å². The number of hydrogen-bond donors (Lipinski definition) is 1. The topological polar surface area (TPSA) is 89.3 Å². The molecule has 7 heteroatoms. The summed E-state index contributed by atoms with van der Waals surface area (Å²) < 4.78 is 30.7. The zero-order valence-corrected chi connectivity index (χ0v) is 10.6. The molecule has 1 aromatic heterocycles. The number of carbonyl (C=O) groups is 1. The third-order valence-electron chi connectivity index (χ3n) is 3.41. The number of amides is 1. The van der Waals surface area contributed by atoms with Crippen LogP contribution in [0.4, 0.5) is 0 Å². The van der Waals surface area contributed by atoms with Gasteiger partial charge in [-0.1, -0.05) is 6.42 Å². The van der Waals surface area contributed by atoms with E-state index >= 15 is 0 Å². The Labute approximate surface area is 105 Å². The van der Waals surface area contributed by atoms with Gasteiger partial charge < -0.3 is 4.42 Å². The number of nitrogens with one attached hydrogen (secondary N) is 1. The zero-order chi connectivity index (χ0) is 12.8. The van der Waals surface area contributed by atoms with E-state index in [4.69, 9.17) is 4.42 Å². The van der Waals surface area contributed by atoms with Crippen LogP contribution in [-0.4, -0.2) is 24.6 Å². The van der Waals surface area contributed by atoms with Crippen LogP contribution in [0.2, 0.25) is 0 Å². The van der Waals surface area contributed by atoms with Crippen molar-refractivity contribution < 1.29 is 17.6 Å². The Morgan fingerprint density at radius 3 is 2.61 bits per heavy atom. The monoisotopic (exact) mass is 270 g/mol. The Morgan fingerprint density at radius 2 is 2.06 bits per heavy atom. The van der Waals surface area contributed by atoms with Gasteiger partial charge in [0.15, 0.2) is 11.6 Å². The summed E-state index contributed by atoms with van der Waals surface area (Å²) in [4.78, 5) is 15.8. The van der Waals surface area contributed by atoms with Crippen molar-refractivity contribution in [3.63, 3.8) is 0 Å². The summed E-state index contributed by atoms with van der Waals surface area (Å²) in [6.07, 6.45) is 5.39. The highest BCUT2D eigenvalue weighted by Crippen LogP contribution is 2.39. The lowest BCUT2D eigenvalue weighted by molar-refractivity contribution is 0.0975. The molecular weight excluding hydrogens is 256 g/mol. The van der Waals surface area contributed by atoms with Crippen LogP contribution in [0, 0.1) is 0 Å². The Morgan fingerprint density at radius 1 is 1.33 bits per heavy atom. The molecule has 18 heavy (non-hydrogen) atoms. The molecule has 1 N–H and O–H groups in total. The minimum Gasteiger partial charge on any atom is -0.448 e. The maximum absolute atomic E-state index is 11.8. The average molecular weight is 270 g/mol. The summed E-state index contributed by atoms with van der Waals surface area (Å²) in [6, 6.07) is 0. The molecule has 0 unspecified atom stereocenters. The fourth-order valence-electron chi connectivity index (χ4n) is 1.86. The summed E-state index contributed by atoms with van der Waals surface area (Å²) in [7, 11) is -3.55. The quantitative estimate of drug-likeness (QED) is 0.886. The lowest BCUT2D eigenvalue weighted by Crippen LogP contribution is -2.41. The van der Waals surface area contributed by atoms with Crippen LogP contribution in [0.1, 0.15) is 54.4 Å². The summed E-state index contributed by atoms with van der Waals surface area (Å²) in [5.74, 6) is 0.133. The van der Waals surface area contributed by atoms with E-state index in [-0.39, 0.29) is 5.69 Å². The van der Waals surface area contributed by atoms with E-state index in [0.717, 1.165) is 19.3 Å². The number of rotatable bonds is 4. The molecule has 6 nitrogen and oxygen atoms in total. The molecule has 98 valence electrons. The molecular formula is C11H14N2O4S. The highest BCUT2D eigenvalue weighted by molar-refractivity contribution is 7.90. The van der Waals surface area contributed by atoms with Gasteiger partial charge in [0.2, 0.25) is 10.0 Å². The number of oxazole rings is 1. The number of carbonyl (C=O) groups excluding carboxylic acids is 1. The molecule has 0 spiro atoms. The summed E-state index contributed by atoms with van der Waals surface area (Å²) in [5.41, 5.74) is 0.0415. The molecule has 3 rings (SSSR count).